The third kappa shape index (κ3) is 3.77. The maximum Gasteiger partial charge on any atom is 0.326 e. The second kappa shape index (κ2) is 6.05. The molecule has 0 aromatic carbocycles. The summed E-state index contributed by atoms with van der Waals surface area (Å²) < 4.78 is 3.58. The fraction of sp³-hybridized carbons (Fsp3) is 0.444. The van der Waals surface area contributed by atoms with Crippen LogP contribution in [0, 0.1) is 6.92 Å². The van der Waals surface area contributed by atoms with Gasteiger partial charge in [0.25, 0.3) is 5.91 Å². The summed E-state index contributed by atoms with van der Waals surface area (Å²) in [5.41, 5.74) is 5.36. The minimum atomic E-state index is -1.22. The van der Waals surface area contributed by atoms with E-state index in [0.29, 0.717) is 5.69 Å². The number of carboxylic acid groups (broad SMARTS) is 1. The topological polar surface area (TPSA) is 135 Å². The summed E-state index contributed by atoms with van der Waals surface area (Å²) >= 11 is 0.878. The molecule has 4 N–H and O–H groups in total. The van der Waals surface area contributed by atoms with Gasteiger partial charge in [-0.2, -0.15) is 0 Å². The van der Waals surface area contributed by atoms with Crippen molar-refractivity contribution < 1.29 is 19.5 Å². The number of nitrogens with two attached hydrogens (primary N) is 1. The van der Waals surface area contributed by atoms with Gasteiger partial charge in [0, 0.05) is 6.42 Å². The van der Waals surface area contributed by atoms with Crippen LogP contribution in [0.5, 0.6) is 0 Å². The molecule has 0 bridgehead atoms. The van der Waals surface area contributed by atoms with Crippen LogP contribution in [0.1, 0.15) is 28.2 Å². The molecule has 1 atom stereocenters. The summed E-state index contributed by atoms with van der Waals surface area (Å²) in [6.45, 7) is 1.59. The van der Waals surface area contributed by atoms with E-state index in [1.54, 1.807) is 6.92 Å². The first-order chi connectivity index (χ1) is 8.41. The summed E-state index contributed by atoms with van der Waals surface area (Å²) in [6.07, 6.45) is -0.168. The Morgan fingerprint density at radius 3 is 2.61 bits per heavy atom. The van der Waals surface area contributed by atoms with Gasteiger partial charge in [-0.05, 0) is 24.9 Å². The molecule has 0 aliphatic rings. The Labute approximate surface area is 106 Å². The van der Waals surface area contributed by atoms with Crippen LogP contribution in [0.2, 0.25) is 0 Å². The molecule has 1 heterocycles. The Morgan fingerprint density at radius 2 is 2.17 bits per heavy atom. The summed E-state index contributed by atoms with van der Waals surface area (Å²) in [5, 5.41) is 14.9. The van der Waals surface area contributed by atoms with Crippen LogP contribution in [0.15, 0.2) is 0 Å². The van der Waals surface area contributed by atoms with Gasteiger partial charge < -0.3 is 16.2 Å². The van der Waals surface area contributed by atoms with Crippen molar-refractivity contribution in [2.45, 2.75) is 25.8 Å². The molecule has 1 aromatic heterocycles. The second-order valence-corrected chi connectivity index (χ2v) is 4.31. The lowest BCUT2D eigenvalue weighted by atomic mass is 10.1. The predicted molar refractivity (Wildman–Crippen MR) is 62.0 cm³/mol. The van der Waals surface area contributed by atoms with E-state index >= 15 is 0 Å². The van der Waals surface area contributed by atoms with Gasteiger partial charge in [-0.15, -0.1) is 5.10 Å². The molecule has 0 aliphatic heterocycles. The summed E-state index contributed by atoms with van der Waals surface area (Å²) in [6, 6.07) is -1.16. The molecule has 0 saturated carbocycles. The van der Waals surface area contributed by atoms with Gasteiger partial charge in [-0.3, -0.25) is 9.59 Å². The van der Waals surface area contributed by atoms with Crippen LogP contribution < -0.4 is 11.1 Å². The monoisotopic (exact) mass is 272 g/mol. The lowest BCUT2D eigenvalue weighted by Crippen LogP contribution is -2.41. The molecule has 18 heavy (non-hydrogen) atoms. The third-order valence-electron chi connectivity index (χ3n) is 2.14. The quantitative estimate of drug-likeness (QED) is 0.626. The highest BCUT2D eigenvalue weighted by Gasteiger charge is 2.23. The predicted octanol–water partition coefficient (Wildman–Crippen LogP) is -0.705. The molecule has 0 radical (unpaired) electrons. The van der Waals surface area contributed by atoms with Crippen LogP contribution in [0.4, 0.5) is 0 Å². The van der Waals surface area contributed by atoms with Crippen LogP contribution in [0.25, 0.3) is 0 Å². The molecular formula is C9H12N4O4S. The average Bonchev–Trinajstić information content (AvgIpc) is 2.69. The van der Waals surface area contributed by atoms with Gasteiger partial charge in [-0.25, -0.2) is 4.79 Å². The van der Waals surface area contributed by atoms with E-state index in [-0.39, 0.29) is 17.7 Å². The smallest absolute Gasteiger partial charge is 0.326 e. The number of nitrogens with one attached hydrogen (secondary N) is 1. The van der Waals surface area contributed by atoms with Crippen molar-refractivity contribution in [2.24, 2.45) is 5.73 Å². The molecule has 0 aliphatic carbocycles. The van der Waals surface area contributed by atoms with Gasteiger partial charge >= 0.3 is 5.97 Å². The highest BCUT2D eigenvalue weighted by Crippen LogP contribution is 2.09. The molecule has 1 aromatic rings. The average molecular weight is 272 g/mol. The van der Waals surface area contributed by atoms with Crippen LogP contribution in [-0.2, 0) is 9.59 Å². The lowest BCUT2D eigenvalue weighted by Gasteiger charge is -2.12. The maximum atomic E-state index is 11.7. The molecule has 98 valence electrons. The standard InChI is InChI=1S/C9H12N4O4S/c1-4-7(18-13-12-4)8(15)11-5(9(16)17)2-3-6(10)14/h5H,2-3H2,1H3,(H2,10,14)(H,11,15)(H,16,17)/t5-/m0/s1. The van der Waals surface area contributed by atoms with E-state index in [0.717, 1.165) is 11.5 Å². The Hall–Kier alpha value is -2.03. The number of carbonyl (C=O) groups is 3. The van der Waals surface area contributed by atoms with E-state index < -0.39 is 23.8 Å². The maximum absolute atomic E-state index is 11.7. The molecule has 9 heteroatoms. The molecule has 2 amide bonds. The zero-order chi connectivity index (χ0) is 13.7. The van der Waals surface area contributed by atoms with Crippen LogP contribution >= 0.6 is 11.5 Å². The Kier molecular flexibility index (Phi) is 4.72. The molecule has 1 rings (SSSR count). The Balaban J connectivity index is 2.67. The number of aliphatic carboxylic acids is 1. The molecule has 0 spiro atoms. The molecule has 0 saturated heterocycles. The Bertz CT molecular complexity index is 473. The first kappa shape index (κ1) is 14.0. The SMILES string of the molecule is Cc1nnsc1C(=O)N[C@@H](CCC(N)=O)C(=O)O. The molecule has 8 nitrogen and oxygen atoms in total. The number of aromatic nitrogens is 2. The first-order valence-electron chi connectivity index (χ1n) is 5.02. The van der Waals surface area contributed by atoms with Crippen molar-refractivity contribution in [1.29, 1.82) is 0 Å². The minimum Gasteiger partial charge on any atom is -0.480 e. The largest absolute Gasteiger partial charge is 0.480 e. The van der Waals surface area contributed by atoms with E-state index in [2.05, 4.69) is 14.9 Å². The van der Waals surface area contributed by atoms with Crippen molar-refractivity contribution >= 4 is 29.3 Å². The Morgan fingerprint density at radius 1 is 1.50 bits per heavy atom. The van der Waals surface area contributed by atoms with E-state index in [1.165, 1.54) is 0 Å². The van der Waals surface area contributed by atoms with E-state index in [1.807, 2.05) is 0 Å². The minimum absolute atomic E-state index is 0.0539. The number of hydrogen-bond donors (Lipinski definition) is 3. The molecule has 0 fully saturated rings. The molecular weight excluding hydrogens is 260 g/mol. The van der Waals surface area contributed by atoms with Crippen molar-refractivity contribution in [3.8, 4) is 0 Å². The second-order valence-electron chi connectivity index (χ2n) is 3.56. The fourth-order valence-electron chi connectivity index (χ4n) is 1.21. The number of rotatable bonds is 6. The van der Waals surface area contributed by atoms with Gasteiger partial charge in [0.15, 0.2) is 0 Å². The highest BCUT2D eigenvalue weighted by atomic mass is 32.1. The number of amides is 2. The summed E-state index contributed by atoms with van der Waals surface area (Å²) in [7, 11) is 0. The zero-order valence-electron chi connectivity index (χ0n) is 9.54. The van der Waals surface area contributed by atoms with Crippen molar-refractivity contribution in [2.75, 3.05) is 0 Å². The number of primary amides is 1. The van der Waals surface area contributed by atoms with Gasteiger partial charge in [0.05, 0.1) is 5.69 Å². The molecule has 0 unspecified atom stereocenters. The zero-order valence-corrected chi connectivity index (χ0v) is 10.4. The number of nitrogens with zero attached hydrogens (tertiary/aromatic N) is 2. The van der Waals surface area contributed by atoms with Gasteiger partial charge in [0.1, 0.15) is 10.9 Å². The fourth-order valence-corrected chi connectivity index (χ4v) is 1.77. The third-order valence-corrected chi connectivity index (χ3v) is 2.97. The number of carboxylic acids is 1. The van der Waals surface area contributed by atoms with Crippen molar-refractivity contribution in [1.82, 2.24) is 14.9 Å². The number of aryl methyl sites for hydroxylation is 1. The number of hydrogen-bond acceptors (Lipinski definition) is 6. The van der Waals surface area contributed by atoms with Gasteiger partial charge in [-0.1, -0.05) is 4.49 Å². The van der Waals surface area contributed by atoms with E-state index in [4.69, 9.17) is 10.8 Å². The van der Waals surface area contributed by atoms with Crippen LogP contribution in [-0.4, -0.2) is 38.5 Å². The van der Waals surface area contributed by atoms with Gasteiger partial charge in [0.2, 0.25) is 5.91 Å². The summed E-state index contributed by atoms with van der Waals surface area (Å²) in [5.74, 6) is -2.41. The first-order valence-corrected chi connectivity index (χ1v) is 5.80. The van der Waals surface area contributed by atoms with Crippen LogP contribution in [0.3, 0.4) is 0 Å². The lowest BCUT2D eigenvalue weighted by molar-refractivity contribution is -0.139. The summed E-state index contributed by atoms with van der Waals surface area (Å²) in [4.78, 5) is 33.5. The van der Waals surface area contributed by atoms with E-state index in [9.17, 15) is 14.4 Å². The highest BCUT2D eigenvalue weighted by molar-refractivity contribution is 7.08. The van der Waals surface area contributed by atoms with Crippen molar-refractivity contribution in [3.05, 3.63) is 10.6 Å². The van der Waals surface area contributed by atoms with Crippen molar-refractivity contribution in [3.63, 3.8) is 0 Å². The number of carbonyl (C=O) groups excluding carboxylic acids is 2. The normalized spacial score (nSPS) is 11.8.